The van der Waals surface area contributed by atoms with E-state index in [0.717, 1.165) is 21.5 Å². The highest BCUT2D eigenvalue weighted by molar-refractivity contribution is 7.99. The van der Waals surface area contributed by atoms with Crippen LogP contribution in [0, 0.1) is 6.92 Å². The largest absolute Gasteiger partial charge is 0.419 e. The van der Waals surface area contributed by atoms with Crippen LogP contribution in [0.3, 0.4) is 0 Å². The molecule has 0 aliphatic rings. The van der Waals surface area contributed by atoms with Crippen molar-refractivity contribution < 1.29 is 4.42 Å². The summed E-state index contributed by atoms with van der Waals surface area (Å²) in [6, 6.07) is 14.0. The van der Waals surface area contributed by atoms with Gasteiger partial charge in [0, 0.05) is 5.69 Å². The molecular formula is C17H15N5OS2. The van der Waals surface area contributed by atoms with E-state index >= 15 is 0 Å². The van der Waals surface area contributed by atoms with E-state index in [1.807, 2.05) is 66.3 Å². The fourth-order valence-corrected chi connectivity index (χ4v) is 3.99. The molecule has 8 heteroatoms. The Hall–Kier alpha value is -2.45. The van der Waals surface area contributed by atoms with Crippen LogP contribution < -0.4 is 0 Å². The molecule has 1 atom stereocenters. The van der Waals surface area contributed by atoms with Gasteiger partial charge in [-0.15, -0.1) is 31.7 Å². The third-order valence-corrected chi connectivity index (χ3v) is 5.50. The molecule has 0 N–H and O–H groups in total. The normalized spacial score (nSPS) is 12.4. The van der Waals surface area contributed by atoms with Gasteiger partial charge in [-0.05, 0) is 37.4 Å². The van der Waals surface area contributed by atoms with E-state index in [-0.39, 0.29) is 5.25 Å². The van der Waals surface area contributed by atoms with Crippen LogP contribution in [0.4, 0.5) is 0 Å². The minimum absolute atomic E-state index is 0.0349. The van der Waals surface area contributed by atoms with E-state index in [1.54, 1.807) is 23.1 Å². The second kappa shape index (κ2) is 6.81. The average Bonchev–Trinajstić information content (AvgIpc) is 3.36. The van der Waals surface area contributed by atoms with Crippen molar-refractivity contribution in [3.63, 3.8) is 0 Å². The quantitative estimate of drug-likeness (QED) is 0.481. The first-order valence-corrected chi connectivity index (χ1v) is 9.49. The molecule has 3 heterocycles. The molecule has 3 aromatic heterocycles. The Bertz CT molecular complexity index is 962. The summed E-state index contributed by atoms with van der Waals surface area (Å²) in [7, 11) is 0. The molecule has 0 radical (unpaired) electrons. The maximum Gasteiger partial charge on any atom is 0.257 e. The Balaban J connectivity index is 1.59. The van der Waals surface area contributed by atoms with Gasteiger partial charge in [-0.1, -0.05) is 36.0 Å². The van der Waals surface area contributed by atoms with Gasteiger partial charge in [-0.25, -0.2) is 0 Å². The van der Waals surface area contributed by atoms with Crippen molar-refractivity contribution in [3.8, 4) is 16.5 Å². The lowest BCUT2D eigenvalue weighted by Gasteiger charge is -2.10. The Morgan fingerprint density at radius 1 is 1.04 bits per heavy atom. The molecule has 0 spiro atoms. The first-order chi connectivity index (χ1) is 12.2. The van der Waals surface area contributed by atoms with Crippen LogP contribution in [0.15, 0.2) is 57.4 Å². The Kier molecular flexibility index (Phi) is 4.37. The predicted molar refractivity (Wildman–Crippen MR) is 98.0 cm³/mol. The van der Waals surface area contributed by atoms with Crippen LogP contribution in [0.1, 0.15) is 23.9 Å². The minimum Gasteiger partial charge on any atom is -0.419 e. The van der Waals surface area contributed by atoms with Crippen LogP contribution in [-0.2, 0) is 0 Å². The highest BCUT2D eigenvalue weighted by Gasteiger charge is 2.20. The van der Waals surface area contributed by atoms with Crippen molar-refractivity contribution in [2.24, 2.45) is 0 Å². The number of thiophene rings is 1. The Morgan fingerprint density at radius 2 is 1.88 bits per heavy atom. The van der Waals surface area contributed by atoms with Crippen molar-refractivity contribution in [2.45, 2.75) is 24.3 Å². The summed E-state index contributed by atoms with van der Waals surface area (Å²) in [5.41, 5.74) is 1.03. The van der Waals surface area contributed by atoms with E-state index < -0.39 is 0 Å². The van der Waals surface area contributed by atoms with Crippen LogP contribution in [-0.4, -0.2) is 25.0 Å². The van der Waals surface area contributed by atoms with Gasteiger partial charge in [0.25, 0.3) is 5.89 Å². The molecule has 0 unspecified atom stereocenters. The number of aryl methyl sites for hydroxylation is 1. The molecule has 0 aliphatic heterocycles. The van der Waals surface area contributed by atoms with Crippen molar-refractivity contribution in [1.82, 2.24) is 25.0 Å². The summed E-state index contributed by atoms with van der Waals surface area (Å²) in [6.45, 7) is 3.96. The highest BCUT2D eigenvalue weighted by Crippen LogP contribution is 2.36. The maximum absolute atomic E-state index is 5.82. The van der Waals surface area contributed by atoms with Gasteiger partial charge in [0.05, 0.1) is 10.1 Å². The molecule has 0 saturated heterocycles. The third kappa shape index (κ3) is 3.22. The maximum atomic E-state index is 5.82. The number of thioether (sulfide) groups is 1. The summed E-state index contributed by atoms with van der Waals surface area (Å²) < 4.78 is 7.85. The molecule has 4 aromatic rings. The molecule has 0 saturated carbocycles. The Labute approximate surface area is 152 Å². The molecule has 25 heavy (non-hydrogen) atoms. The van der Waals surface area contributed by atoms with Gasteiger partial charge in [0.1, 0.15) is 5.82 Å². The lowest BCUT2D eigenvalue weighted by molar-refractivity contribution is 0.510. The van der Waals surface area contributed by atoms with Crippen LogP contribution in [0.2, 0.25) is 0 Å². The first-order valence-electron chi connectivity index (χ1n) is 7.74. The van der Waals surface area contributed by atoms with Crippen LogP contribution >= 0.6 is 23.1 Å². The molecule has 1 aromatic carbocycles. The number of para-hydroxylation sites is 1. The third-order valence-electron chi connectivity index (χ3n) is 3.61. The van der Waals surface area contributed by atoms with E-state index in [9.17, 15) is 0 Å². The van der Waals surface area contributed by atoms with Crippen molar-refractivity contribution in [2.75, 3.05) is 0 Å². The monoisotopic (exact) mass is 369 g/mol. The summed E-state index contributed by atoms with van der Waals surface area (Å²) in [4.78, 5) is 0.972. The van der Waals surface area contributed by atoms with Gasteiger partial charge in [0.2, 0.25) is 5.89 Å². The van der Waals surface area contributed by atoms with Crippen molar-refractivity contribution in [3.05, 3.63) is 59.6 Å². The molecule has 126 valence electrons. The molecule has 0 amide bonds. The molecule has 0 bridgehead atoms. The second-order valence-electron chi connectivity index (χ2n) is 5.38. The minimum atomic E-state index is -0.0349. The number of rotatable bonds is 5. The predicted octanol–water partition coefficient (Wildman–Crippen LogP) is 4.54. The van der Waals surface area contributed by atoms with Crippen LogP contribution in [0.25, 0.3) is 16.5 Å². The van der Waals surface area contributed by atoms with E-state index in [0.29, 0.717) is 11.8 Å². The average molecular weight is 369 g/mol. The standard InChI is InChI=1S/C17H15N5OS2/c1-11(15-19-20-16(23-15)14-9-6-10-24-14)25-17-21-18-12(2)22(17)13-7-4-3-5-8-13/h3-11H,1-2H3/t11-/m1/s1. The number of nitrogens with zero attached hydrogens (tertiary/aromatic N) is 5. The zero-order chi connectivity index (χ0) is 17.2. The molecule has 0 aliphatic carbocycles. The number of aromatic nitrogens is 5. The zero-order valence-corrected chi connectivity index (χ0v) is 15.3. The van der Waals surface area contributed by atoms with Crippen molar-refractivity contribution in [1.29, 1.82) is 0 Å². The zero-order valence-electron chi connectivity index (χ0n) is 13.7. The summed E-state index contributed by atoms with van der Waals surface area (Å²) >= 11 is 3.12. The van der Waals surface area contributed by atoms with Gasteiger partial charge < -0.3 is 4.42 Å². The fraction of sp³-hybridized carbons (Fsp3) is 0.176. The van der Waals surface area contributed by atoms with E-state index in [2.05, 4.69) is 20.4 Å². The molecule has 0 fully saturated rings. The molecule has 4 rings (SSSR count). The van der Waals surface area contributed by atoms with Gasteiger partial charge in [-0.3, -0.25) is 4.57 Å². The molecular weight excluding hydrogens is 354 g/mol. The summed E-state index contributed by atoms with van der Waals surface area (Å²) in [5.74, 6) is 1.97. The highest BCUT2D eigenvalue weighted by atomic mass is 32.2. The second-order valence-corrected chi connectivity index (χ2v) is 7.64. The lowest BCUT2D eigenvalue weighted by atomic mass is 10.3. The first kappa shape index (κ1) is 16.0. The SMILES string of the molecule is Cc1nnc(S[C@H](C)c2nnc(-c3cccs3)o2)n1-c1ccccc1. The van der Waals surface area contributed by atoms with Gasteiger partial charge >= 0.3 is 0 Å². The lowest BCUT2D eigenvalue weighted by Crippen LogP contribution is -2.00. The van der Waals surface area contributed by atoms with Crippen LogP contribution in [0.5, 0.6) is 0 Å². The van der Waals surface area contributed by atoms with E-state index in [1.165, 1.54) is 0 Å². The number of hydrogen-bond donors (Lipinski definition) is 0. The Morgan fingerprint density at radius 3 is 2.64 bits per heavy atom. The number of hydrogen-bond acceptors (Lipinski definition) is 7. The summed E-state index contributed by atoms with van der Waals surface area (Å²) in [6.07, 6.45) is 0. The number of benzene rings is 1. The fourth-order valence-electron chi connectivity index (χ4n) is 2.40. The van der Waals surface area contributed by atoms with Crippen molar-refractivity contribution >= 4 is 23.1 Å². The van der Waals surface area contributed by atoms with E-state index in [4.69, 9.17) is 4.42 Å². The topological polar surface area (TPSA) is 69.6 Å². The summed E-state index contributed by atoms with van der Waals surface area (Å²) in [5, 5.41) is 19.6. The van der Waals surface area contributed by atoms with Gasteiger partial charge in [-0.2, -0.15) is 0 Å². The molecule has 6 nitrogen and oxygen atoms in total. The van der Waals surface area contributed by atoms with Gasteiger partial charge in [0.15, 0.2) is 5.16 Å². The smallest absolute Gasteiger partial charge is 0.257 e.